The fourth-order valence-electron chi connectivity index (χ4n) is 2.50. The molecule has 4 heteroatoms. The van der Waals surface area contributed by atoms with Crippen LogP contribution in [-0.4, -0.2) is 37.5 Å². The number of benzene rings is 1. The van der Waals surface area contributed by atoms with E-state index in [1.54, 1.807) is 0 Å². The molecule has 0 saturated carbocycles. The van der Waals surface area contributed by atoms with Gasteiger partial charge in [0.05, 0.1) is 0 Å². The van der Waals surface area contributed by atoms with E-state index in [0.717, 1.165) is 25.1 Å². The molecule has 1 atom stereocenters. The number of ether oxygens (including phenoxy) is 1. The lowest BCUT2D eigenvalue weighted by molar-refractivity contribution is 0.106. The van der Waals surface area contributed by atoms with Gasteiger partial charge in [-0.25, -0.2) is 0 Å². The van der Waals surface area contributed by atoms with Crippen molar-refractivity contribution in [2.45, 2.75) is 31.8 Å². The van der Waals surface area contributed by atoms with Crippen LogP contribution in [0, 0.1) is 0 Å². The molecular weight excluding hydrogens is 240 g/mol. The summed E-state index contributed by atoms with van der Waals surface area (Å²) in [5.74, 6) is 0.940. The number of hydrogen-bond donors (Lipinski definition) is 3. The van der Waals surface area contributed by atoms with Gasteiger partial charge in [0.25, 0.3) is 0 Å². The van der Waals surface area contributed by atoms with Gasteiger partial charge in [-0.3, -0.25) is 0 Å². The second-order valence-corrected chi connectivity index (χ2v) is 5.06. The Labute approximate surface area is 115 Å². The Kier molecular flexibility index (Phi) is 5.63. The average Bonchev–Trinajstić information content (AvgIpc) is 2.45. The molecule has 0 spiro atoms. The molecular formula is C15H24N2O2. The molecule has 0 amide bonds. The zero-order chi connectivity index (χ0) is 13.5. The van der Waals surface area contributed by atoms with Crippen LogP contribution < -0.4 is 15.8 Å². The summed E-state index contributed by atoms with van der Waals surface area (Å²) in [5, 5.41) is 12.9. The third kappa shape index (κ3) is 4.20. The highest BCUT2D eigenvalue weighted by atomic mass is 16.5. The molecule has 0 aliphatic heterocycles. The lowest BCUT2D eigenvalue weighted by Crippen LogP contribution is -2.34. The van der Waals surface area contributed by atoms with Crippen molar-refractivity contribution in [3.63, 3.8) is 0 Å². The Balaban J connectivity index is 1.85. The Morgan fingerprint density at radius 3 is 3.00 bits per heavy atom. The van der Waals surface area contributed by atoms with Crippen molar-refractivity contribution in [3.8, 4) is 5.75 Å². The zero-order valence-electron chi connectivity index (χ0n) is 11.4. The molecule has 106 valence electrons. The van der Waals surface area contributed by atoms with Gasteiger partial charge in [-0.1, -0.05) is 12.1 Å². The second-order valence-electron chi connectivity index (χ2n) is 5.06. The molecule has 4 N–H and O–H groups in total. The van der Waals surface area contributed by atoms with Gasteiger partial charge in [-0.15, -0.1) is 0 Å². The number of nitrogens with two attached hydrogens (primary N) is 1. The van der Waals surface area contributed by atoms with Crippen molar-refractivity contribution >= 4 is 0 Å². The Bertz CT molecular complexity index is 396. The summed E-state index contributed by atoms with van der Waals surface area (Å²) >= 11 is 0. The van der Waals surface area contributed by atoms with Crippen LogP contribution >= 0.6 is 0 Å². The number of nitrogens with one attached hydrogen (secondary N) is 1. The lowest BCUT2D eigenvalue weighted by Gasteiger charge is -2.20. The normalized spacial score (nSPS) is 15.9. The second kappa shape index (κ2) is 7.48. The summed E-state index contributed by atoms with van der Waals surface area (Å²) in [6.07, 6.45) is 4.24. The fourth-order valence-corrected chi connectivity index (χ4v) is 2.50. The maximum absolute atomic E-state index is 9.81. The summed E-state index contributed by atoms with van der Waals surface area (Å²) in [5.41, 5.74) is 8.11. The third-order valence-electron chi connectivity index (χ3n) is 3.49. The van der Waals surface area contributed by atoms with Crippen molar-refractivity contribution < 1.29 is 9.84 Å². The van der Waals surface area contributed by atoms with Crippen molar-refractivity contribution in [1.82, 2.24) is 5.32 Å². The number of fused-ring (bicyclic) bond motifs is 1. The topological polar surface area (TPSA) is 67.5 Å². The van der Waals surface area contributed by atoms with E-state index in [2.05, 4.69) is 11.4 Å². The van der Waals surface area contributed by atoms with Gasteiger partial charge in [0.15, 0.2) is 0 Å². The van der Waals surface area contributed by atoms with E-state index < -0.39 is 6.10 Å². The summed E-state index contributed by atoms with van der Waals surface area (Å²) in [6, 6.07) is 6.23. The minimum Gasteiger partial charge on any atom is -0.491 e. The predicted molar refractivity (Wildman–Crippen MR) is 76.5 cm³/mol. The molecule has 2 rings (SSSR count). The third-order valence-corrected chi connectivity index (χ3v) is 3.49. The highest BCUT2D eigenvalue weighted by Crippen LogP contribution is 2.29. The first kappa shape index (κ1) is 14.3. The molecule has 0 bridgehead atoms. The van der Waals surface area contributed by atoms with Crippen LogP contribution in [0.25, 0.3) is 0 Å². The van der Waals surface area contributed by atoms with Crippen LogP contribution in [0.5, 0.6) is 5.75 Å². The van der Waals surface area contributed by atoms with Crippen molar-refractivity contribution in [1.29, 1.82) is 0 Å². The van der Waals surface area contributed by atoms with E-state index in [4.69, 9.17) is 10.5 Å². The Hall–Kier alpha value is -1.10. The van der Waals surface area contributed by atoms with Gasteiger partial charge >= 0.3 is 0 Å². The number of aliphatic hydroxyl groups excluding tert-OH is 1. The minimum atomic E-state index is -0.494. The Morgan fingerprint density at radius 1 is 1.32 bits per heavy atom. The number of aliphatic hydroxyl groups is 1. The van der Waals surface area contributed by atoms with E-state index in [1.807, 2.05) is 12.1 Å². The first-order valence-electron chi connectivity index (χ1n) is 7.13. The van der Waals surface area contributed by atoms with Gasteiger partial charge in [-0.2, -0.15) is 0 Å². The van der Waals surface area contributed by atoms with Gasteiger partial charge in [0.1, 0.15) is 18.5 Å². The van der Waals surface area contributed by atoms with E-state index in [-0.39, 0.29) is 0 Å². The summed E-state index contributed by atoms with van der Waals surface area (Å²) in [4.78, 5) is 0. The monoisotopic (exact) mass is 264 g/mol. The van der Waals surface area contributed by atoms with E-state index >= 15 is 0 Å². The Morgan fingerprint density at radius 2 is 2.16 bits per heavy atom. The maximum Gasteiger partial charge on any atom is 0.122 e. The molecule has 1 unspecified atom stereocenters. The standard InChI is InChI=1S/C15H24N2O2/c16-8-9-17-10-13(18)11-19-15-7-3-5-12-4-1-2-6-14(12)15/h3,5,7,13,17-18H,1-2,4,6,8-11,16H2. The molecule has 0 heterocycles. The van der Waals surface area contributed by atoms with E-state index in [0.29, 0.717) is 19.7 Å². The van der Waals surface area contributed by atoms with Crippen molar-refractivity contribution in [2.24, 2.45) is 5.73 Å². The SMILES string of the molecule is NCCNCC(O)COc1cccc2c1CCCC2. The predicted octanol–water partition coefficient (Wildman–Crippen LogP) is 0.853. The molecule has 0 aromatic heterocycles. The smallest absolute Gasteiger partial charge is 0.122 e. The molecule has 1 aromatic carbocycles. The fraction of sp³-hybridized carbons (Fsp3) is 0.600. The number of hydrogen-bond acceptors (Lipinski definition) is 4. The van der Waals surface area contributed by atoms with Gasteiger partial charge in [-0.05, 0) is 42.9 Å². The van der Waals surface area contributed by atoms with Crippen LogP contribution in [0.4, 0.5) is 0 Å². The van der Waals surface area contributed by atoms with E-state index in [1.165, 1.54) is 24.0 Å². The number of aryl methyl sites for hydroxylation is 1. The average molecular weight is 264 g/mol. The molecule has 1 aliphatic rings. The highest BCUT2D eigenvalue weighted by molar-refractivity contribution is 5.41. The van der Waals surface area contributed by atoms with Gasteiger partial charge < -0.3 is 20.9 Å². The van der Waals surface area contributed by atoms with Gasteiger partial charge in [0.2, 0.25) is 0 Å². The van der Waals surface area contributed by atoms with Crippen molar-refractivity contribution in [2.75, 3.05) is 26.2 Å². The quantitative estimate of drug-likeness (QED) is 0.639. The highest BCUT2D eigenvalue weighted by Gasteiger charge is 2.14. The van der Waals surface area contributed by atoms with Crippen LogP contribution in [0.1, 0.15) is 24.0 Å². The maximum atomic E-state index is 9.81. The molecule has 4 nitrogen and oxygen atoms in total. The first-order valence-corrected chi connectivity index (χ1v) is 7.13. The summed E-state index contributed by atoms with van der Waals surface area (Å²) in [6.45, 7) is 2.15. The van der Waals surface area contributed by atoms with Crippen LogP contribution in [0.15, 0.2) is 18.2 Å². The van der Waals surface area contributed by atoms with E-state index in [9.17, 15) is 5.11 Å². The van der Waals surface area contributed by atoms with Crippen LogP contribution in [0.2, 0.25) is 0 Å². The molecule has 19 heavy (non-hydrogen) atoms. The molecule has 0 saturated heterocycles. The summed E-state index contributed by atoms with van der Waals surface area (Å²) < 4.78 is 5.78. The molecule has 0 fully saturated rings. The summed E-state index contributed by atoms with van der Waals surface area (Å²) in [7, 11) is 0. The lowest BCUT2D eigenvalue weighted by atomic mass is 9.91. The minimum absolute atomic E-state index is 0.327. The first-order chi connectivity index (χ1) is 9.31. The van der Waals surface area contributed by atoms with Crippen LogP contribution in [-0.2, 0) is 12.8 Å². The number of rotatable bonds is 7. The van der Waals surface area contributed by atoms with Gasteiger partial charge in [0, 0.05) is 19.6 Å². The molecule has 1 aromatic rings. The van der Waals surface area contributed by atoms with Crippen molar-refractivity contribution in [3.05, 3.63) is 29.3 Å². The molecule has 1 aliphatic carbocycles. The molecule has 0 radical (unpaired) electrons. The zero-order valence-corrected chi connectivity index (χ0v) is 11.4. The van der Waals surface area contributed by atoms with Crippen LogP contribution in [0.3, 0.4) is 0 Å². The largest absolute Gasteiger partial charge is 0.491 e.